The van der Waals surface area contributed by atoms with Crippen molar-refractivity contribution in [3.63, 3.8) is 0 Å². The van der Waals surface area contributed by atoms with Gasteiger partial charge in [0.05, 0.1) is 0 Å². The number of hydrogen-bond donors (Lipinski definition) is 1. The Hall–Kier alpha value is -1.31. The van der Waals surface area contributed by atoms with Gasteiger partial charge in [0.25, 0.3) is 0 Å². The van der Waals surface area contributed by atoms with Crippen molar-refractivity contribution in [1.29, 1.82) is 0 Å². The molecule has 0 bridgehead atoms. The molecule has 0 heterocycles. The molecule has 0 amide bonds. The van der Waals surface area contributed by atoms with E-state index in [1.54, 1.807) is 0 Å². The molecule has 0 atom stereocenters. The molecule has 2 aromatic carbocycles. The second-order valence-electron chi connectivity index (χ2n) is 4.32. The molecular weight excluding hydrogens is 230 g/mol. The maximum Gasteiger partial charge on any atom is 0.0412 e. The fraction of sp³-hybridized carbons (Fsp3) is 0.200. The molecule has 0 fully saturated rings. The molecule has 88 valence electrons. The molecule has 2 heteroatoms. The van der Waals surface area contributed by atoms with E-state index in [-0.39, 0.29) is 0 Å². The van der Waals surface area contributed by atoms with Gasteiger partial charge in [-0.15, -0.1) is 0 Å². The predicted molar refractivity (Wildman–Crippen MR) is 74.3 cm³/mol. The van der Waals surface area contributed by atoms with E-state index in [2.05, 4.69) is 32.0 Å². The van der Waals surface area contributed by atoms with Crippen LogP contribution in [0, 0.1) is 13.8 Å². The van der Waals surface area contributed by atoms with Gasteiger partial charge in [-0.1, -0.05) is 41.4 Å². The number of benzene rings is 2. The van der Waals surface area contributed by atoms with Crippen LogP contribution < -0.4 is 5.73 Å². The van der Waals surface area contributed by atoms with E-state index in [4.69, 9.17) is 17.3 Å². The molecular formula is C15H16ClN. The lowest BCUT2D eigenvalue weighted by Crippen LogP contribution is -1.99. The van der Waals surface area contributed by atoms with Gasteiger partial charge in [-0.05, 0) is 48.2 Å². The van der Waals surface area contributed by atoms with Gasteiger partial charge in [-0.3, -0.25) is 0 Å². The minimum Gasteiger partial charge on any atom is -0.326 e. The molecule has 0 unspecified atom stereocenters. The monoisotopic (exact) mass is 245 g/mol. The molecule has 2 rings (SSSR count). The predicted octanol–water partition coefficient (Wildman–Crippen LogP) is 4.08. The van der Waals surface area contributed by atoms with Crippen LogP contribution in [0.5, 0.6) is 0 Å². The first kappa shape index (κ1) is 12.2. The van der Waals surface area contributed by atoms with Crippen molar-refractivity contribution < 1.29 is 0 Å². The number of hydrogen-bond acceptors (Lipinski definition) is 1. The number of aryl methyl sites for hydroxylation is 2. The highest BCUT2D eigenvalue weighted by Gasteiger charge is 2.07. The Morgan fingerprint density at radius 1 is 1.00 bits per heavy atom. The van der Waals surface area contributed by atoms with E-state index < -0.39 is 0 Å². The van der Waals surface area contributed by atoms with Crippen molar-refractivity contribution in [2.75, 3.05) is 0 Å². The van der Waals surface area contributed by atoms with Gasteiger partial charge in [0.2, 0.25) is 0 Å². The fourth-order valence-corrected chi connectivity index (χ4v) is 2.18. The average molecular weight is 246 g/mol. The van der Waals surface area contributed by atoms with Crippen molar-refractivity contribution >= 4 is 11.6 Å². The summed E-state index contributed by atoms with van der Waals surface area (Å²) in [4.78, 5) is 0. The highest BCUT2D eigenvalue weighted by atomic mass is 35.5. The Morgan fingerprint density at radius 2 is 1.76 bits per heavy atom. The molecule has 0 aromatic heterocycles. The van der Waals surface area contributed by atoms with Gasteiger partial charge in [-0.25, -0.2) is 0 Å². The second kappa shape index (κ2) is 4.91. The quantitative estimate of drug-likeness (QED) is 0.848. The molecule has 0 spiro atoms. The van der Waals surface area contributed by atoms with Crippen molar-refractivity contribution in [2.45, 2.75) is 20.4 Å². The number of nitrogens with two attached hydrogens (primary N) is 1. The largest absolute Gasteiger partial charge is 0.326 e. The van der Waals surface area contributed by atoms with Crippen LogP contribution in [-0.2, 0) is 6.54 Å². The maximum absolute atomic E-state index is 6.08. The molecule has 1 nitrogen and oxygen atoms in total. The molecule has 17 heavy (non-hydrogen) atoms. The zero-order chi connectivity index (χ0) is 12.4. The number of rotatable bonds is 2. The van der Waals surface area contributed by atoms with Crippen molar-refractivity contribution in [2.24, 2.45) is 5.73 Å². The van der Waals surface area contributed by atoms with Gasteiger partial charge in [0, 0.05) is 11.6 Å². The summed E-state index contributed by atoms with van der Waals surface area (Å²) in [7, 11) is 0. The van der Waals surface area contributed by atoms with Crippen LogP contribution in [0.2, 0.25) is 5.02 Å². The fourth-order valence-electron chi connectivity index (χ4n) is 2.00. The van der Waals surface area contributed by atoms with Gasteiger partial charge < -0.3 is 5.73 Å². The number of halogens is 1. The Balaban J connectivity index is 2.66. The van der Waals surface area contributed by atoms with Gasteiger partial charge >= 0.3 is 0 Å². The Bertz CT molecular complexity index is 547. The molecule has 0 aliphatic heterocycles. The van der Waals surface area contributed by atoms with Crippen LogP contribution in [-0.4, -0.2) is 0 Å². The third-order valence-corrected chi connectivity index (χ3v) is 3.21. The Kier molecular flexibility index (Phi) is 3.51. The highest BCUT2D eigenvalue weighted by Crippen LogP contribution is 2.30. The minimum absolute atomic E-state index is 0.528. The summed E-state index contributed by atoms with van der Waals surface area (Å²) >= 11 is 6.08. The normalized spacial score (nSPS) is 10.6. The molecule has 0 saturated heterocycles. The van der Waals surface area contributed by atoms with Crippen LogP contribution in [0.1, 0.15) is 16.7 Å². The SMILES string of the molecule is Cc1ccc(C)c(-c2cc(Cl)ccc2CN)c1. The minimum atomic E-state index is 0.528. The summed E-state index contributed by atoms with van der Waals surface area (Å²) in [6, 6.07) is 12.3. The summed E-state index contributed by atoms with van der Waals surface area (Å²) in [6.07, 6.45) is 0. The van der Waals surface area contributed by atoms with Crippen LogP contribution in [0.3, 0.4) is 0 Å². The second-order valence-corrected chi connectivity index (χ2v) is 4.76. The summed E-state index contributed by atoms with van der Waals surface area (Å²) in [5.74, 6) is 0. The Morgan fingerprint density at radius 3 is 2.47 bits per heavy atom. The van der Waals surface area contributed by atoms with Crippen molar-refractivity contribution in [3.05, 3.63) is 58.1 Å². The van der Waals surface area contributed by atoms with E-state index in [1.807, 2.05) is 18.2 Å². The summed E-state index contributed by atoms with van der Waals surface area (Å²) < 4.78 is 0. The van der Waals surface area contributed by atoms with Gasteiger partial charge in [0.1, 0.15) is 0 Å². The summed E-state index contributed by atoms with van der Waals surface area (Å²) in [6.45, 7) is 4.73. The highest BCUT2D eigenvalue weighted by molar-refractivity contribution is 6.30. The van der Waals surface area contributed by atoms with Crippen LogP contribution in [0.25, 0.3) is 11.1 Å². The van der Waals surface area contributed by atoms with E-state index in [1.165, 1.54) is 16.7 Å². The smallest absolute Gasteiger partial charge is 0.0412 e. The third-order valence-electron chi connectivity index (χ3n) is 2.98. The lowest BCUT2D eigenvalue weighted by Gasteiger charge is -2.12. The zero-order valence-electron chi connectivity index (χ0n) is 10.1. The zero-order valence-corrected chi connectivity index (χ0v) is 10.9. The molecule has 2 aromatic rings. The van der Waals surface area contributed by atoms with Crippen molar-refractivity contribution in [3.8, 4) is 11.1 Å². The maximum atomic E-state index is 6.08. The average Bonchev–Trinajstić information content (AvgIpc) is 2.32. The lowest BCUT2D eigenvalue weighted by atomic mass is 9.94. The van der Waals surface area contributed by atoms with E-state index in [9.17, 15) is 0 Å². The van der Waals surface area contributed by atoms with E-state index in [0.717, 1.165) is 16.1 Å². The van der Waals surface area contributed by atoms with Gasteiger partial charge in [-0.2, -0.15) is 0 Å². The van der Waals surface area contributed by atoms with Crippen molar-refractivity contribution in [1.82, 2.24) is 0 Å². The molecule has 0 saturated carbocycles. The van der Waals surface area contributed by atoms with E-state index in [0.29, 0.717) is 6.54 Å². The lowest BCUT2D eigenvalue weighted by molar-refractivity contribution is 1.07. The first-order valence-electron chi connectivity index (χ1n) is 5.68. The molecule has 2 N–H and O–H groups in total. The molecule has 0 aliphatic carbocycles. The van der Waals surface area contributed by atoms with Gasteiger partial charge in [0.15, 0.2) is 0 Å². The Labute approximate surface area is 107 Å². The molecule has 0 radical (unpaired) electrons. The summed E-state index contributed by atoms with van der Waals surface area (Å²) in [5, 5.41) is 0.748. The first-order chi connectivity index (χ1) is 8.11. The van der Waals surface area contributed by atoms with Crippen LogP contribution in [0.4, 0.5) is 0 Å². The van der Waals surface area contributed by atoms with Crippen LogP contribution in [0.15, 0.2) is 36.4 Å². The molecule has 0 aliphatic rings. The topological polar surface area (TPSA) is 26.0 Å². The van der Waals surface area contributed by atoms with Crippen LogP contribution >= 0.6 is 11.6 Å². The third kappa shape index (κ3) is 2.51. The summed E-state index contributed by atoms with van der Waals surface area (Å²) in [5.41, 5.74) is 11.8. The standard InChI is InChI=1S/C15H16ClN/c1-10-3-4-11(2)14(7-10)15-8-13(16)6-5-12(15)9-17/h3-8H,9,17H2,1-2H3. The van der Waals surface area contributed by atoms with E-state index >= 15 is 0 Å². The first-order valence-corrected chi connectivity index (χ1v) is 6.05.